The summed E-state index contributed by atoms with van der Waals surface area (Å²) in [6.45, 7) is 1.61. The molecule has 2 fully saturated rings. The zero-order chi connectivity index (χ0) is 20.8. The summed E-state index contributed by atoms with van der Waals surface area (Å²) < 4.78 is 5.28. The maximum absolute atomic E-state index is 13.1. The summed E-state index contributed by atoms with van der Waals surface area (Å²) in [6, 6.07) is 3.20. The van der Waals surface area contributed by atoms with Crippen molar-refractivity contribution in [3.63, 3.8) is 0 Å². The van der Waals surface area contributed by atoms with E-state index in [0.717, 1.165) is 57.2 Å². The smallest absolute Gasteiger partial charge is 0.245 e. The van der Waals surface area contributed by atoms with Crippen molar-refractivity contribution in [2.75, 3.05) is 13.1 Å². The van der Waals surface area contributed by atoms with E-state index in [1.165, 1.54) is 6.42 Å². The second-order valence-electron chi connectivity index (χ2n) is 8.22. The second kappa shape index (κ2) is 9.82. The summed E-state index contributed by atoms with van der Waals surface area (Å²) in [5, 5.41) is 7.02. The maximum Gasteiger partial charge on any atom is 0.245 e. The number of amides is 2. The predicted molar refractivity (Wildman–Crippen MR) is 110 cm³/mol. The Morgan fingerprint density at radius 1 is 1.10 bits per heavy atom. The van der Waals surface area contributed by atoms with Gasteiger partial charge in [0.15, 0.2) is 0 Å². The van der Waals surface area contributed by atoms with Crippen LogP contribution in [0.15, 0.2) is 29.0 Å². The fourth-order valence-corrected chi connectivity index (χ4v) is 4.42. The molecule has 2 aromatic heterocycles. The first-order valence-electron chi connectivity index (χ1n) is 11.0. The van der Waals surface area contributed by atoms with Crippen molar-refractivity contribution in [1.82, 2.24) is 25.3 Å². The lowest BCUT2D eigenvalue weighted by Crippen LogP contribution is -2.52. The molecule has 2 aromatic rings. The summed E-state index contributed by atoms with van der Waals surface area (Å²) >= 11 is 0. The Morgan fingerprint density at radius 2 is 1.83 bits per heavy atom. The number of nitrogens with zero attached hydrogens (tertiary/aromatic N) is 4. The lowest BCUT2D eigenvalue weighted by molar-refractivity contribution is -0.137. The average molecular weight is 412 g/mol. The Bertz CT molecular complexity index is 841. The number of hydrogen-bond acceptors (Lipinski definition) is 6. The van der Waals surface area contributed by atoms with Crippen LogP contribution in [0.4, 0.5) is 0 Å². The SMILES string of the molecule is O=C(CCc1nc(-c2ccncc2)no1)N[C@H](C(=O)N1CCCC1)C1CCCCC1. The van der Waals surface area contributed by atoms with Gasteiger partial charge in [0.05, 0.1) is 0 Å². The van der Waals surface area contributed by atoms with Crippen molar-refractivity contribution in [3.05, 3.63) is 30.4 Å². The Hall–Kier alpha value is -2.77. The van der Waals surface area contributed by atoms with Gasteiger partial charge < -0.3 is 14.7 Å². The van der Waals surface area contributed by atoms with Crippen LogP contribution >= 0.6 is 0 Å². The first-order valence-corrected chi connectivity index (χ1v) is 11.0. The highest BCUT2D eigenvalue weighted by molar-refractivity contribution is 5.88. The van der Waals surface area contributed by atoms with Crippen LogP contribution in [0.25, 0.3) is 11.4 Å². The monoisotopic (exact) mass is 411 g/mol. The molecule has 1 aliphatic heterocycles. The number of hydrogen-bond donors (Lipinski definition) is 1. The zero-order valence-corrected chi connectivity index (χ0v) is 17.3. The number of rotatable bonds is 7. The molecule has 0 aromatic carbocycles. The predicted octanol–water partition coefficient (Wildman–Crippen LogP) is 2.75. The van der Waals surface area contributed by atoms with Crippen LogP contribution < -0.4 is 5.32 Å². The molecule has 8 heteroatoms. The Kier molecular flexibility index (Phi) is 6.71. The van der Waals surface area contributed by atoms with Crippen LogP contribution in [0.3, 0.4) is 0 Å². The van der Waals surface area contributed by atoms with Crippen molar-refractivity contribution in [1.29, 1.82) is 0 Å². The van der Waals surface area contributed by atoms with Crippen LogP contribution in [0.1, 0.15) is 57.3 Å². The Morgan fingerprint density at radius 3 is 2.57 bits per heavy atom. The largest absolute Gasteiger partial charge is 0.344 e. The lowest BCUT2D eigenvalue weighted by atomic mass is 9.83. The van der Waals surface area contributed by atoms with Crippen LogP contribution in [0.2, 0.25) is 0 Å². The fourth-order valence-electron chi connectivity index (χ4n) is 4.42. The van der Waals surface area contributed by atoms with Gasteiger partial charge in [-0.2, -0.15) is 4.98 Å². The van der Waals surface area contributed by atoms with Crippen molar-refractivity contribution in [2.45, 2.75) is 63.8 Å². The third-order valence-electron chi connectivity index (χ3n) is 6.09. The highest BCUT2D eigenvalue weighted by Crippen LogP contribution is 2.28. The van der Waals surface area contributed by atoms with Gasteiger partial charge in [-0.15, -0.1) is 0 Å². The number of carbonyl (C=O) groups excluding carboxylic acids is 2. The van der Waals surface area contributed by atoms with E-state index in [1.54, 1.807) is 24.5 Å². The van der Waals surface area contributed by atoms with Gasteiger partial charge in [-0.25, -0.2) is 0 Å². The summed E-state index contributed by atoms with van der Waals surface area (Å²) in [4.78, 5) is 36.0. The number of aryl methyl sites for hydroxylation is 1. The maximum atomic E-state index is 13.1. The van der Waals surface area contributed by atoms with Crippen molar-refractivity contribution < 1.29 is 14.1 Å². The minimum absolute atomic E-state index is 0.0884. The van der Waals surface area contributed by atoms with Crippen LogP contribution in [-0.4, -0.2) is 51.0 Å². The molecule has 1 saturated heterocycles. The second-order valence-corrected chi connectivity index (χ2v) is 8.22. The third kappa shape index (κ3) is 5.04. The highest BCUT2D eigenvalue weighted by atomic mass is 16.5. The molecule has 0 unspecified atom stereocenters. The molecule has 2 amide bonds. The molecule has 2 aliphatic rings. The van der Waals surface area contributed by atoms with Gasteiger partial charge in [0, 0.05) is 43.9 Å². The quantitative estimate of drug-likeness (QED) is 0.752. The van der Waals surface area contributed by atoms with E-state index in [-0.39, 0.29) is 24.2 Å². The van der Waals surface area contributed by atoms with Crippen LogP contribution in [-0.2, 0) is 16.0 Å². The molecule has 1 N–H and O–H groups in total. The normalized spacial score (nSPS) is 18.3. The molecule has 1 saturated carbocycles. The Labute approximate surface area is 176 Å². The average Bonchev–Trinajstić information content (AvgIpc) is 3.49. The molecule has 1 aliphatic carbocycles. The summed E-state index contributed by atoms with van der Waals surface area (Å²) in [5.74, 6) is 1.08. The number of likely N-dealkylation sites (tertiary alicyclic amines) is 1. The van der Waals surface area contributed by atoms with E-state index in [0.29, 0.717) is 18.1 Å². The molecule has 1 atom stereocenters. The number of carbonyl (C=O) groups is 2. The van der Waals surface area contributed by atoms with Crippen LogP contribution in [0, 0.1) is 5.92 Å². The van der Waals surface area contributed by atoms with E-state index >= 15 is 0 Å². The third-order valence-corrected chi connectivity index (χ3v) is 6.09. The highest BCUT2D eigenvalue weighted by Gasteiger charge is 2.34. The van der Waals surface area contributed by atoms with E-state index in [2.05, 4.69) is 20.4 Å². The van der Waals surface area contributed by atoms with Gasteiger partial charge in [-0.3, -0.25) is 14.6 Å². The molecule has 160 valence electrons. The summed E-state index contributed by atoms with van der Waals surface area (Å²) in [7, 11) is 0. The molecule has 3 heterocycles. The fraction of sp³-hybridized carbons (Fsp3) is 0.591. The van der Waals surface area contributed by atoms with E-state index < -0.39 is 6.04 Å². The van der Waals surface area contributed by atoms with Crippen molar-refractivity contribution >= 4 is 11.8 Å². The molecule has 8 nitrogen and oxygen atoms in total. The van der Waals surface area contributed by atoms with E-state index in [1.807, 2.05) is 4.90 Å². The van der Waals surface area contributed by atoms with Gasteiger partial charge in [-0.05, 0) is 43.7 Å². The number of pyridine rings is 1. The molecule has 30 heavy (non-hydrogen) atoms. The first kappa shape index (κ1) is 20.5. The van der Waals surface area contributed by atoms with Gasteiger partial charge in [-0.1, -0.05) is 24.4 Å². The van der Waals surface area contributed by atoms with Gasteiger partial charge in [0.2, 0.25) is 23.5 Å². The topological polar surface area (TPSA) is 101 Å². The van der Waals surface area contributed by atoms with E-state index in [4.69, 9.17) is 4.52 Å². The summed E-state index contributed by atoms with van der Waals surface area (Å²) in [6.07, 6.45) is 11.5. The molecule has 0 radical (unpaired) electrons. The molecular weight excluding hydrogens is 382 g/mol. The number of aromatic nitrogens is 3. The lowest BCUT2D eigenvalue weighted by Gasteiger charge is -2.32. The molecule has 0 spiro atoms. The molecule has 0 bridgehead atoms. The van der Waals surface area contributed by atoms with Crippen molar-refractivity contribution in [2.24, 2.45) is 5.92 Å². The van der Waals surface area contributed by atoms with Crippen LogP contribution in [0.5, 0.6) is 0 Å². The van der Waals surface area contributed by atoms with E-state index in [9.17, 15) is 9.59 Å². The zero-order valence-electron chi connectivity index (χ0n) is 17.3. The van der Waals surface area contributed by atoms with Gasteiger partial charge >= 0.3 is 0 Å². The van der Waals surface area contributed by atoms with Crippen molar-refractivity contribution in [3.8, 4) is 11.4 Å². The summed E-state index contributed by atoms with van der Waals surface area (Å²) in [5.41, 5.74) is 0.818. The number of nitrogens with one attached hydrogen (secondary N) is 1. The minimum Gasteiger partial charge on any atom is -0.344 e. The Balaban J connectivity index is 1.35. The van der Waals surface area contributed by atoms with Gasteiger partial charge in [0.25, 0.3) is 0 Å². The first-order chi connectivity index (χ1) is 14.7. The molecular formula is C22H29N5O3. The molecule has 4 rings (SSSR count). The standard InChI is InChI=1S/C22H29N5O3/c28-18(8-9-19-25-21(26-30-19)17-10-12-23-13-11-17)24-20(16-6-2-1-3-7-16)22(29)27-14-4-5-15-27/h10-13,16,20H,1-9,14-15H2,(H,24,28)/t20-/m0/s1. The minimum atomic E-state index is -0.411. The van der Waals surface area contributed by atoms with Gasteiger partial charge in [0.1, 0.15) is 6.04 Å².